The van der Waals surface area contributed by atoms with Gasteiger partial charge < -0.3 is 19.7 Å². The lowest BCUT2D eigenvalue weighted by atomic mass is 9.84. The summed E-state index contributed by atoms with van der Waals surface area (Å²) in [6.07, 6.45) is 6.15. The second kappa shape index (κ2) is 7.81. The van der Waals surface area contributed by atoms with Crippen LogP contribution in [0.1, 0.15) is 30.5 Å². The summed E-state index contributed by atoms with van der Waals surface area (Å²) in [6, 6.07) is 8.03. The zero-order valence-electron chi connectivity index (χ0n) is 14.5. The van der Waals surface area contributed by atoms with Gasteiger partial charge in [-0.1, -0.05) is 12.1 Å². The van der Waals surface area contributed by atoms with E-state index in [1.165, 1.54) is 5.56 Å². The van der Waals surface area contributed by atoms with Gasteiger partial charge in [-0.2, -0.15) is 0 Å². The van der Waals surface area contributed by atoms with Crippen molar-refractivity contribution in [1.82, 2.24) is 14.9 Å². The van der Waals surface area contributed by atoms with Crippen LogP contribution >= 0.6 is 0 Å². The average molecular weight is 329 g/mol. The molecule has 1 aliphatic rings. The topological polar surface area (TPSA) is 59.3 Å². The summed E-state index contributed by atoms with van der Waals surface area (Å²) in [5, 5.41) is 14.1. The third kappa shape index (κ3) is 4.16. The van der Waals surface area contributed by atoms with Crippen molar-refractivity contribution in [3.05, 3.63) is 48.0 Å². The van der Waals surface area contributed by atoms with E-state index in [1.807, 2.05) is 36.0 Å². The number of rotatable bonds is 6. The Morgan fingerprint density at radius 1 is 1.38 bits per heavy atom. The van der Waals surface area contributed by atoms with Gasteiger partial charge in [-0.25, -0.2) is 4.98 Å². The first-order valence-electron chi connectivity index (χ1n) is 8.71. The minimum Gasteiger partial charge on any atom is -0.488 e. The van der Waals surface area contributed by atoms with Crippen LogP contribution in [0.5, 0.6) is 5.75 Å². The number of nitrogens with one attached hydrogen (secondary N) is 1. The molecule has 0 amide bonds. The molecule has 0 aliphatic heterocycles. The maximum absolute atomic E-state index is 10.7. The lowest BCUT2D eigenvalue weighted by Gasteiger charge is -2.35. The standard InChI is InChI=1S/C19H27N3O2/c1-14-5-3-7-17(9-14)24-18-8-4-6-15(19(18)23)10-20-11-16-12-21-13-22(16)2/h3,5,7,9,12-13,15,18-20,23H,4,6,8,10-11H2,1-2H3/t15-,18-,19-/m1/s1. The zero-order chi connectivity index (χ0) is 16.9. The largest absolute Gasteiger partial charge is 0.488 e. The highest BCUT2D eigenvalue weighted by molar-refractivity contribution is 5.27. The van der Waals surface area contributed by atoms with E-state index < -0.39 is 6.10 Å². The van der Waals surface area contributed by atoms with Crippen LogP contribution in [0.3, 0.4) is 0 Å². The van der Waals surface area contributed by atoms with Gasteiger partial charge in [0.25, 0.3) is 0 Å². The van der Waals surface area contributed by atoms with Gasteiger partial charge in [0.1, 0.15) is 11.9 Å². The summed E-state index contributed by atoms with van der Waals surface area (Å²) in [4.78, 5) is 4.12. The van der Waals surface area contributed by atoms with Crippen LogP contribution in [0.15, 0.2) is 36.8 Å². The number of imidazole rings is 1. The first kappa shape index (κ1) is 17.0. The normalized spacial score (nSPS) is 24.0. The molecule has 0 bridgehead atoms. The highest BCUT2D eigenvalue weighted by Crippen LogP contribution is 2.28. The van der Waals surface area contributed by atoms with Crippen molar-refractivity contribution in [2.45, 2.75) is 44.9 Å². The first-order valence-corrected chi connectivity index (χ1v) is 8.71. The first-order chi connectivity index (χ1) is 11.6. The maximum Gasteiger partial charge on any atom is 0.125 e. The number of aliphatic hydroxyl groups is 1. The molecule has 1 aliphatic carbocycles. The molecule has 0 unspecified atom stereocenters. The number of aryl methyl sites for hydroxylation is 2. The van der Waals surface area contributed by atoms with E-state index in [1.54, 1.807) is 6.33 Å². The minimum absolute atomic E-state index is 0.121. The van der Waals surface area contributed by atoms with Gasteiger partial charge in [0.05, 0.1) is 18.1 Å². The fraction of sp³-hybridized carbons (Fsp3) is 0.526. The van der Waals surface area contributed by atoms with Crippen LogP contribution in [0, 0.1) is 12.8 Å². The number of hydrogen-bond acceptors (Lipinski definition) is 4. The van der Waals surface area contributed by atoms with E-state index >= 15 is 0 Å². The molecule has 1 saturated carbocycles. The van der Waals surface area contributed by atoms with Gasteiger partial charge in [-0.15, -0.1) is 0 Å². The van der Waals surface area contributed by atoms with Crippen molar-refractivity contribution in [2.24, 2.45) is 13.0 Å². The third-order valence-corrected chi connectivity index (χ3v) is 4.83. The number of nitrogens with zero attached hydrogens (tertiary/aromatic N) is 2. The van der Waals surface area contributed by atoms with Crippen LogP contribution in [0.4, 0.5) is 0 Å². The summed E-state index contributed by atoms with van der Waals surface area (Å²) >= 11 is 0. The second-order valence-electron chi connectivity index (χ2n) is 6.78. The molecule has 5 heteroatoms. The fourth-order valence-electron chi connectivity index (χ4n) is 3.38. The zero-order valence-corrected chi connectivity index (χ0v) is 14.5. The lowest BCUT2D eigenvalue weighted by Crippen LogP contribution is -2.44. The van der Waals surface area contributed by atoms with Crippen LogP contribution in [-0.4, -0.2) is 33.4 Å². The Hall–Kier alpha value is -1.85. The predicted octanol–water partition coefficient (Wildman–Crippen LogP) is 2.43. The van der Waals surface area contributed by atoms with Gasteiger partial charge in [0.2, 0.25) is 0 Å². The molecule has 2 N–H and O–H groups in total. The Kier molecular flexibility index (Phi) is 5.53. The summed E-state index contributed by atoms with van der Waals surface area (Å²) in [5.74, 6) is 1.07. The molecule has 3 atom stereocenters. The Morgan fingerprint density at radius 3 is 3.00 bits per heavy atom. The Balaban J connectivity index is 1.52. The summed E-state index contributed by atoms with van der Waals surface area (Å²) in [7, 11) is 1.99. The van der Waals surface area contributed by atoms with Crippen molar-refractivity contribution in [1.29, 1.82) is 0 Å². The summed E-state index contributed by atoms with van der Waals surface area (Å²) in [6.45, 7) is 3.61. The van der Waals surface area contributed by atoms with Crippen molar-refractivity contribution in [2.75, 3.05) is 6.54 Å². The number of aromatic nitrogens is 2. The lowest BCUT2D eigenvalue weighted by molar-refractivity contribution is -0.0306. The van der Waals surface area contributed by atoms with Gasteiger partial charge in [-0.05, 0) is 43.9 Å². The molecule has 1 aromatic carbocycles. The van der Waals surface area contributed by atoms with Gasteiger partial charge >= 0.3 is 0 Å². The molecular weight excluding hydrogens is 302 g/mol. The quantitative estimate of drug-likeness (QED) is 0.854. The highest BCUT2D eigenvalue weighted by atomic mass is 16.5. The van der Waals surface area contributed by atoms with E-state index in [0.29, 0.717) is 0 Å². The Labute approximate surface area is 143 Å². The monoisotopic (exact) mass is 329 g/mol. The highest BCUT2D eigenvalue weighted by Gasteiger charge is 2.33. The van der Waals surface area contributed by atoms with E-state index in [4.69, 9.17) is 4.74 Å². The fourth-order valence-corrected chi connectivity index (χ4v) is 3.38. The third-order valence-electron chi connectivity index (χ3n) is 4.83. The number of hydrogen-bond donors (Lipinski definition) is 2. The smallest absolute Gasteiger partial charge is 0.125 e. The number of ether oxygens (including phenoxy) is 1. The summed E-state index contributed by atoms with van der Waals surface area (Å²) in [5.41, 5.74) is 2.32. The van der Waals surface area contributed by atoms with Crippen molar-refractivity contribution >= 4 is 0 Å². The van der Waals surface area contributed by atoms with Crippen LogP contribution < -0.4 is 10.1 Å². The van der Waals surface area contributed by atoms with Crippen LogP contribution in [-0.2, 0) is 13.6 Å². The van der Waals surface area contributed by atoms with Crippen LogP contribution in [0.25, 0.3) is 0 Å². The molecular formula is C19H27N3O2. The van der Waals surface area contributed by atoms with E-state index in [2.05, 4.69) is 23.3 Å². The average Bonchev–Trinajstić information content (AvgIpc) is 2.96. The molecule has 1 aromatic heterocycles. The molecule has 0 radical (unpaired) electrons. The summed E-state index contributed by atoms with van der Waals surface area (Å²) < 4.78 is 8.07. The van der Waals surface area contributed by atoms with E-state index in [-0.39, 0.29) is 12.0 Å². The van der Waals surface area contributed by atoms with Gasteiger partial charge in [-0.3, -0.25) is 0 Å². The van der Waals surface area contributed by atoms with Crippen LogP contribution in [0.2, 0.25) is 0 Å². The van der Waals surface area contributed by atoms with Gasteiger partial charge in [0.15, 0.2) is 0 Å². The molecule has 0 spiro atoms. The molecule has 24 heavy (non-hydrogen) atoms. The predicted molar refractivity (Wildman–Crippen MR) is 93.9 cm³/mol. The molecule has 130 valence electrons. The number of benzene rings is 1. The van der Waals surface area contributed by atoms with Gasteiger partial charge in [0, 0.05) is 32.3 Å². The van der Waals surface area contributed by atoms with E-state index in [9.17, 15) is 5.11 Å². The molecule has 5 nitrogen and oxygen atoms in total. The molecule has 1 heterocycles. The van der Waals surface area contributed by atoms with Crippen molar-refractivity contribution < 1.29 is 9.84 Å². The van der Waals surface area contributed by atoms with Crippen molar-refractivity contribution in [3.8, 4) is 5.75 Å². The Morgan fingerprint density at radius 2 is 2.25 bits per heavy atom. The number of aliphatic hydroxyl groups excluding tert-OH is 1. The molecule has 1 fully saturated rings. The van der Waals surface area contributed by atoms with E-state index in [0.717, 1.165) is 43.8 Å². The molecule has 3 rings (SSSR count). The Bertz CT molecular complexity index is 656. The molecule has 2 aromatic rings. The minimum atomic E-state index is -0.432. The molecule has 0 saturated heterocycles. The second-order valence-corrected chi connectivity index (χ2v) is 6.78. The SMILES string of the molecule is Cc1cccc(O[C@@H]2CCC[C@H](CNCc3cncn3C)[C@H]2O)c1. The van der Waals surface area contributed by atoms with Crippen molar-refractivity contribution in [3.63, 3.8) is 0 Å². The maximum atomic E-state index is 10.7.